The molecule has 0 bridgehead atoms. The Morgan fingerprint density at radius 3 is 2.50 bits per heavy atom. The van der Waals surface area contributed by atoms with E-state index in [2.05, 4.69) is 32.1 Å². The predicted octanol–water partition coefficient (Wildman–Crippen LogP) is 0.626. The number of aromatic amines is 1. The number of anilines is 1. The molecule has 0 radical (unpaired) electrons. The normalized spacial score (nSPS) is 22.2. The second-order valence-electron chi connectivity index (χ2n) is 6.97. The number of fused-ring (bicyclic) bond motifs is 2. The van der Waals surface area contributed by atoms with Gasteiger partial charge in [-0.25, -0.2) is 9.97 Å². The second kappa shape index (κ2) is 5.69. The van der Waals surface area contributed by atoms with Gasteiger partial charge in [-0.1, -0.05) is 18.2 Å². The molecule has 2 aromatic heterocycles. The lowest BCUT2D eigenvalue weighted by atomic mass is 10.0. The number of H-pyrrole nitrogens is 1. The zero-order chi connectivity index (χ0) is 17.7. The molecule has 8 nitrogen and oxygen atoms in total. The molecule has 8 heteroatoms. The summed E-state index contributed by atoms with van der Waals surface area (Å²) in [7, 11) is 0. The van der Waals surface area contributed by atoms with E-state index in [1.54, 1.807) is 4.90 Å². The third kappa shape index (κ3) is 2.29. The molecular formula is C18H18N6O2. The number of hydrogen-bond acceptors (Lipinski definition) is 5. The van der Waals surface area contributed by atoms with Gasteiger partial charge >= 0.3 is 0 Å². The van der Waals surface area contributed by atoms with Crippen LogP contribution in [0.1, 0.15) is 10.4 Å². The van der Waals surface area contributed by atoms with Crippen LogP contribution in [0, 0.1) is 11.8 Å². The number of nitrogens with one attached hydrogen (secondary N) is 1. The minimum absolute atomic E-state index is 0.0895. The summed E-state index contributed by atoms with van der Waals surface area (Å²) in [5.41, 5.74) is 0.916. The Kier molecular flexibility index (Phi) is 3.31. The molecule has 5 rings (SSSR count). The summed E-state index contributed by atoms with van der Waals surface area (Å²) in [6.07, 6.45) is 2.72. The molecular weight excluding hydrogens is 332 g/mol. The number of likely N-dealkylation sites (tertiary alicyclic amines) is 1. The van der Waals surface area contributed by atoms with Crippen molar-refractivity contribution in [2.24, 2.45) is 11.8 Å². The van der Waals surface area contributed by atoms with E-state index < -0.39 is 5.56 Å². The van der Waals surface area contributed by atoms with E-state index in [9.17, 15) is 9.59 Å². The van der Waals surface area contributed by atoms with Crippen molar-refractivity contribution in [2.45, 2.75) is 0 Å². The number of hydrogen-bond donors (Lipinski definition) is 1. The number of benzene rings is 1. The molecule has 26 heavy (non-hydrogen) atoms. The molecule has 0 saturated carbocycles. The van der Waals surface area contributed by atoms with Crippen LogP contribution in [0.5, 0.6) is 0 Å². The Balaban J connectivity index is 1.33. The lowest BCUT2D eigenvalue weighted by molar-refractivity contribution is 0.0780. The van der Waals surface area contributed by atoms with Gasteiger partial charge in [-0.05, 0) is 12.1 Å². The minimum atomic E-state index is -0.402. The molecule has 1 aromatic carbocycles. The number of carbonyl (C=O) groups is 1. The van der Waals surface area contributed by atoms with Gasteiger partial charge in [-0.15, -0.1) is 0 Å². The van der Waals surface area contributed by atoms with E-state index in [4.69, 9.17) is 0 Å². The van der Waals surface area contributed by atoms with Gasteiger partial charge in [0.2, 0.25) is 0 Å². The molecule has 2 aliphatic rings. The molecule has 2 fully saturated rings. The summed E-state index contributed by atoms with van der Waals surface area (Å²) < 4.78 is 1.20. The topological polar surface area (TPSA) is 86.6 Å². The highest BCUT2D eigenvalue weighted by atomic mass is 16.2. The summed E-state index contributed by atoms with van der Waals surface area (Å²) in [4.78, 5) is 37.5. The van der Waals surface area contributed by atoms with Gasteiger partial charge in [-0.2, -0.15) is 4.52 Å². The van der Waals surface area contributed by atoms with Crippen molar-refractivity contribution in [2.75, 3.05) is 31.1 Å². The molecule has 0 spiro atoms. The number of amides is 1. The van der Waals surface area contributed by atoms with Gasteiger partial charge in [0.05, 0.1) is 0 Å². The van der Waals surface area contributed by atoms with Gasteiger partial charge in [0.1, 0.15) is 11.9 Å². The zero-order valence-electron chi connectivity index (χ0n) is 14.1. The van der Waals surface area contributed by atoms with Gasteiger partial charge in [-0.3, -0.25) is 14.7 Å². The Labute approximate surface area is 149 Å². The Hall–Kier alpha value is -3.16. The monoisotopic (exact) mass is 350 g/mol. The summed E-state index contributed by atoms with van der Waals surface area (Å²) in [6.45, 7) is 3.24. The fourth-order valence-corrected chi connectivity index (χ4v) is 4.12. The standard InChI is InChI=1S/C18H18N6O2/c25-16(15-6-19-18-20-11-21-24(18)17(15)26)23-9-12-7-22(8-13(12)10-23)14-4-2-1-3-5-14/h1-6,11-13H,7-10H2,(H,19,20,21). The van der Waals surface area contributed by atoms with Crippen LogP contribution >= 0.6 is 0 Å². The first kappa shape index (κ1) is 15.1. The zero-order valence-corrected chi connectivity index (χ0v) is 14.1. The van der Waals surface area contributed by atoms with Gasteiger partial charge in [0, 0.05) is 49.9 Å². The van der Waals surface area contributed by atoms with Crippen LogP contribution < -0.4 is 10.5 Å². The molecule has 1 N–H and O–H groups in total. The summed E-state index contributed by atoms with van der Waals surface area (Å²) in [5, 5.41) is 2.69. The van der Waals surface area contributed by atoms with Crippen molar-refractivity contribution in [3.05, 3.63) is 58.8 Å². The maximum absolute atomic E-state index is 12.8. The molecule has 132 valence electrons. The van der Waals surface area contributed by atoms with Crippen molar-refractivity contribution in [3.63, 3.8) is 0 Å². The van der Waals surface area contributed by atoms with Crippen molar-refractivity contribution < 1.29 is 4.79 Å². The Morgan fingerprint density at radius 1 is 1.04 bits per heavy atom. The fourth-order valence-electron chi connectivity index (χ4n) is 4.12. The van der Waals surface area contributed by atoms with Crippen LogP contribution in [0.4, 0.5) is 5.69 Å². The highest BCUT2D eigenvalue weighted by molar-refractivity contribution is 5.94. The van der Waals surface area contributed by atoms with E-state index in [0.29, 0.717) is 24.9 Å². The number of nitrogens with zero attached hydrogens (tertiary/aromatic N) is 5. The largest absolute Gasteiger partial charge is 0.371 e. The molecule has 2 unspecified atom stereocenters. The average molecular weight is 350 g/mol. The van der Waals surface area contributed by atoms with Crippen LogP contribution in [0.2, 0.25) is 0 Å². The number of para-hydroxylation sites is 1. The Bertz CT molecular complexity index is 1010. The molecule has 0 aliphatic carbocycles. The van der Waals surface area contributed by atoms with Gasteiger partial charge < -0.3 is 9.80 Å². The number of aromatic nitrogens is 4. The molecule has 2 atom stereocenters. The summed E-state index contributed by atoms with van der Waals surface area (Å²) in [5.74, 6) is 0.895. The molecule has 3 aromatic rings. The van der Waals surface area contributed by atoms with Crippen molar-refractivity contribution in [3.8, 4) is 0 Å². The summed E-state index contributed by atoms with van der Waals surface area (Å²) in [6, 6.07) is 10.4. The third-order valence-corrected chi connectivity index (χ3v) is 5.43. The first-order valence-electron chi connectivity index (χ1n) is 8.71. The number of carbonyl (C=O) groups excluding carboxylic acids is 1. The molecule has 1 amide bonds. The highest BCUT2D eigenvalue weighted by Crippen LogP contribution is 2.34. The van der Waals surface area contributed by atoms with Crippen molar-refractivity contribution in [1.82, 2.24) is 24.5 Å². The minimum Gasteiger partial charge on any atom is -0.371 e. The Morgan fingerprint density at radius 2 is 1.77 bits per heavy atom. The smallest absolute Gasteiger partial charge is 0.286 e. The van der Waals surface area contributed by atoms with Crippen LogP contribution in [0.3, 0.4) is 0 Å². The second-order valence-corrected chi connectivity index (χ2v) is 6.97. The van der Waals surface area contributed by atoms with Crippen LogP contribution in [0.25, 0.3) is 5.78 Å². The fraction of sp³-hybridized carbons (Fsp3) is 0.333. The van der Waals surface area contributed by atoms with E-state index in [-0.39, 0.29) is 17.2 Å². The number of rotatable bonds is 2. The first-order valence-corrected chi connectivity index (χ1v) is 8.71. The van der Waals surface area contributed by atoms with E-state index in [1.807, 2.05) is 18.2 Å². The lowest BCUT2D eigenvalue weighted by Gasteiger charge is -2.23. The first-order chi connectivity index (χ1) is 12.7. The quantitative estimate of drug-likeness (QED) is 0.732. The van der Waals surface area contributed by atoms with Gasteiger partial charge in [0.25, 0.3) is 17.2 Å². The SMILES string of the molecule is O=C(c1cnc2nc[nH]n2c1=O)N1CC2CN(c3ccccc3)CC2C1. The van der Waals surface area contributed by atoms with Crippen LogP contribution in [-0.2, 0) is 0 Å². The predicted molar refractivity (Wildman–Crippen MR) is 95.1 cm³/mol. The van der Waals surface area contributed by atoms with Crippen LogP contribution in [0.15, 0.2) is 47.7 Å². The van der Waals surface area contributed by atoms with Crippen molar-refractivity contribution in [1.29, 1.82) is 0 Å². The third-order valence-electron chi connectivity index (χ3n) is 5.43. The van der Waals surface area contributed by atoms with Crippen molar-refractivity contribution >= 4 is 17.4 Å². The molecule has 2 saturated heterocycles. The maximum Gasteiger partial charge on any atom is 0.286 e. The van der Waals surface area contributed by atoms with Crippen LogP contribution in [-0.4, -0.2) is 56.6 Å². The van der Waals surface area contributed by atoms with Gasteiger partial charge in [0.15, 0.2) is 0 Å². The maximum atomic E-state index is 12.8. The van der Waals surface area contributed by atoms with E-state index in [0.717, 1.165) is 13.1 Å². The average Bonchev–Trinajstić information content (AvgIpc) is 3.37. The van der Waals surface area contributed by atoms with E-state index in [1.165, 1.54) is 22.7 Å². The molecule has 2 aliphatic heterocycles. The lowest BCUT2D eigenvalue weighted by Crippen LogP contribution is -2.37. The van der Waals surface area contributed by atoms with E-state index >= 15 is 0 Å². The highest BCUT2D eigenvalue weighted by Gasteiger charge is 2.42. The summed E-state index contributed by atoms with van der Waals surface area (Å²) >= 11 is 0. The molecule has 4 heterocycles.